The summed E-state index contributed by atoms with van der Waals surface area (Å²) >= 11 is 0. The van der Waals surface area contributed by atoms with Crippen LogP contribution in [0.5, 0.6) is 11.6 Å². The summed E-state index contributed by atoms with van der Waals surface area (Å²) in [6.07, 6.45) is 1.73. The second-order valence-corrected chi connectivity index (χ2v) is 2.46. The van der Waals surface area contributed by atoms with Crippen molar-refractivity contribution in [3.05, 3.63) is 17.8 Å². The van der Waals surface area contributed by atoms with Crippen LogP contribution in [0.3, 0.4) is 0 Å². The number of fused-ring (bicyclic) bond motifs is 1. The molecule has 2 heterocycles. The van der Waals surface area contributed by atoms with Crippen molar-refractivity contribution in [2.75, 3.05) is 13.2 Å². The fraction of sp³-hybridized carbons (Fsp3) is 0.500. The molecular weight excluding hydrogens is 166 g/mol. The first kappa shape index (κ1) is 9.84. The summed E-state index contributed by atoms with van der Waals surface area (Å²) in [5.41, 5.74) is 1.08. The molecule has 1 aromatic rings. The van der Waals surface area contributed by atoms with Gasteiger partial charge in [0.25, 0.3) is 5.88 Å². The van der Waals surface area contributed by atoms with Gasteiger partial charge in [0.05, 0.1) is 0 Å². The maximum Gasteiger partial charge on any atom is 0.257 e. The molecule has 13 heavy (non-hydrogen) atoms. The Bertz CT molecular complexity index is 274. The number of rotatable bonds is 0. The predicted octanol–water partition coefficient (Wildman–Crippen LogP) is 2.19. The summed E-state index contributed by atoms with van der Waals surface area (Å²) in [6, 6.07) is 1.91. The van der Waals surface area contributed by atoms with Crippen molar-refractivity contribution in [2.45, 2.75) is 20.8 Å². The molecule has 72 valence electrons. The summed E-state index contributed by atoms with van der Waals surface area (Å²) in [5, 5.41) is 0. The molecule has 2 rings (SSSR count). The Morgan fingerprint density at radius 3 is 2.62 bits per heavy atom. The Kier molecular flexibility index (Phi) is 3.55. The molecule has 0 amide bonds. The fourth-order valence-electron chi connectivity index (χ4n) is 1.08. The maximum atomic E-state index is 5.37. The van der Waals surface area contributed by atoms with Gasteiger partial charge >= 0.3 is 0 Å². The lowest BCUT2D eigenvalue weighted by atomic mass is 10.2. The van der Waals surface area contributed by atoms with Crippen LogP contribution in [0.2, 0.25) is 0 Å². The van der Waals surface area contributed by atoms with Crippen LogP contribution in [0.1, 0.15) is 19.4 Å². The number of aromatic nitrogens is 1. The molecule has 0 N–H and O–H groups in total. The molecule has 0 saturated carbocycles. The van der Waals surface area contributed by atoms with Crippen molar-refractivity contribution in [1.82, 2.24) is 4.98 Å². The van der Waals surface area contributed by atoms with Crippen molar-refractivity contribution in [3.63, 3.8) is 0 Å². The van der Waals surface area contributed by atoms with Crippen LogP contribution in [-0.4, -0.2) is 18.2 Å². The number of ether oxygens (including phenoxy) is 2. The SMILES string of the molecule is CC.Cc1ccnc2c1OCCO2. The number of nitrogens with zero attached hydrogens (tertiary/aromatic N) is 1. The molecule has 1 aliphatic rings. The zero-order valence-corrected chi connectivity index (χ0v) is 8.33. The van der Waals surface area contributed by atoms with Crippen LogP contribution < -0.4 is 9.47 Å². The molecule has 0 unspecified atom stereocenters. The lowest BCUT2D eigenvalue weighted by molar-refractivity contribution is 0.163. The average Bonchev–Trinajstić information content (AvgIpc) is 2.22. The van der Waals surface area contributed by atoms with Crippen molar-refractivity contribution in [1.29, 1.82) is 0 Å². The van der Waals surface area contributed by atoms with Gasteiger partial charge in [-0.3, -0.25) is 0 Å². The van der Waals surface area contributed by atoms with Crippen LogP contribution in [0, 0.1) is 6.92 Å². The van der Waals surface area contributed by atoms with Gasteiger partial charge in [0.15, 0.2) is 5.75 Å². The first-order chi connectivity index (χ1) is 6.38. The predicted molar refractivity (Wildman–Crippen MR) is 51.3 cm³/mol. The second-order valence-electron chi connectivity index (χ2n) is 2.46. The topological polar surface area (TPSA) is 31.4 Å². The molecular formula is C10H15NO2. The Labute approximate surface area is 78.7 Å². The summed E-state index contributed by atoms with van der Waals surface area (Å²) in [6.45, 7) is 7.21. The highest BCUT2D eigenvalue weighted by Crippen LogP contribution is 2.29. The van der Waals surface area contributed by atoms with Gasteiger partial charge in [-0.15, -0.1) is 0 Å². The summed E-state index contributed by atoms with van der Waals surface area (Å²) in [7, 11) is 0. The van der Waals surface area contributed by atoms with E-state index in [0.717, 1.165) is 11.3 Å². The molecule has 1 aliphatic heterocycles. The highest BCUT2D eigenvalue weighted by atomic mass is 16.6. The maximum absolute atomic E-state index is 5.37. The van der Waals surface area contributed by atoms with Crippen molar-refractivity contribution < 1.29 is 9.47 Å². The van der Waals surface area contributed by atoms with Crippen molar-refractivity contribution in [2.24, 2.45) is 0 Å². The zero-order chi connectivity index (χ0) is 9.68. The van der Waals surface area contributed by atoms with Crippen LogP contribution in [0.25, 0.3) is 0 Å². The Balaban J connectivity index is 0.000000396. The first-order valence-electron chi connectivity index (χ1n) is 4.59. The fourth-order valence-corrected chi connectivity index (χ4v) is 1.08. The third kappa shape index (κ3) is 2.11. The Hall–Kier alpha value is -1.25. The minimum Gasteiger partial charge on any atom is -0.484 e. The molecule has 3 nitrogen and oxygen atoms in total. The van der Waals surface area contributed by atoms with Gasteiger partial charge in [-0.1, -0.05) is 13.8 Å². The van der Waals surface area contributed by atoms with Gasteiger partial charge in [0.1, 0.15) is 13.2 Å². The molecule has 0 aliphatic carbocycles. The van der Waals surface area contributed by atoms with Gasteiger partial charge in [-0.2, -0.15) is 0 Å². The molecule has 0 radical (unpaired) electrons. The summed E-state index contributed by atoms with van der Waals surface area (Å²) in [5.74, 6) is 1.41. The van der Waals surface area contributed by atoms with Crippen LogP contribution in [-0.2, 0) is 0 Å². The minimum atomic E-state index is 0.601. The van der Waals surface area contributed by atoms with E-state index < -0.39 is 0 Å². The standard InChI is InChI=1S/C8H9NO2.C2H6/c1-6-2-3-9-8-7(6)10-4-5-11-8;1-2/h2-3H,4-5H2,1H3;1-2H3. The van der Waals surface area contributed by atoms with E-state index in [1.54, 1.807) is 6.20 Å². The lowest BCUT2D eigenvalue weighted by Gasteiger charge is -2.18. The normalized spacial score (nSPS) is 12.8. The van der Waals surface area contributed by atoms with E-state index in [-0.39, 0.29) is 0 Å². The van der Waals surface area contributed by atoms with E-state index in [4.69, 9.17) is 9.47 Å². The molecule has 1 aromatic heterocycles. The third-order valence-corrected chi connectivity index (χ3v) is 1.64. The number of pyridine rings is 1. The molecule has 3 heteroatoms. The van der Waals surface area contributed by atoms with Gasteiger partial charge in [-0.05, 0) is 18.6 Å². The highest BCUT2D eigenvalue weighted by molar-refractivity contribution is 5.41. The third-order valence-electron chi connectivity index (χ3n) is 1.64. The Morgan fingerprint density at radius 2 is 1.92 bits per heavy atom. The van der Waals surface area contributed by atoms with E-state index in [9.17, 15) is 0 Å². The number of hydrogen-bond acceptors (Lipinski definition) is 3. The average molecular weight is 181 g/mol. The first-order valence-corrected chi connectivity index (χ1v) is 4.59. The lowest BCUT2D eigenvalue weighted by Crippen LogP contribution is -2.16. The van der Waals surface area contributed by atoms with Gasteiger partial charge in [0.2, 0.25) is 0 Å². The second kappa shape index (κ2) is 4.70. The van der Waals surface area contributed by atoms with Crippen molar-refractivity contribution in [3.8, 4) is 11.6 Å². The zero-order valence-electron chi connectivity index (χ0n) is 8.33. The van der Waals surface area contributed by atoms with E-state index >= 15 is 0 Å². The number of hydrogen-bond donors (Lipinski definition) is 0. The molecule has 0 spiro atoms. The minimum absolute atomic E-state index is 0.601. The van der Waals surface area contributed by atoms with E-state index in [2.05, 4.69) is 4.98 Å². The number of aryl methyl sites for hydroxylation is 1. The molecule has 0 aromatic carbocycles. The highest BCUT2D eigenvalue weighted by Gasteiger charge is 2.13. The van der Waals surface area contributed by atoms with Crippen LogP contribution >= 0.6 is 0 Å². The largest absolute Gasteiger partial charge is 0.484 e. The molecule has 0 bridgehead atoms. The Morgan fingerprint density at radius 1 is 1.23 bits per heavy atom. The molecule has 0 saturated heterocycles. The van der Waals surface area contributed by atoms with Gasteiger partial charge in [0, 0.05) is 6.20 Å². The molecule has 0 fully saturated rings. The summed E-state index contributed by atoms with van der Waals surface area (Å²) < 4.78 is 10.6. The smallest absolute Gasteiger partial charge is 0.257 e. The van der Waals surface area contributed by atoms with Crippen molar-refractivity contribution >= 4 is 0 Å². The van der Waals surface area contributed by atoms with Gasteiger partial charge < -0.3 is 9.47 Å². The quantitative estimate of drug-likeness (QED) is 0.614. The van der Waals surface area contributed by atoms with E-state index in [0.29, 0.717) is 19.1 Å². The van der Waals surface area contributed by atoms with Gasteiger partial charge in [-0.25, -0.2) is 4.98 Å². The van der Waals surface area contributed by atoms with Crippen LogP contribution in [0.15, 0.2) is 12.3 Å². The summed E-state index contributed by atoms with van der Waals surface area (Å²) in [4.78, 5) is 4.03. The monoisotopic (exact) mass is 181 g/mol. The molecule has 0 atom stereocenters. The van der Waals surface area contributed by atoms with E-state index in [1.807, 2.05) is 26.8 Å². The van der Waals surface area contributed by atoms with E-state index in [1.165, 1.54) is 0 Å². The van der Waals surface area contributed by atoms with Crippen LogP contribution in [0.4, 0.5) is 0 Å².